The van der Waals surface area contributed by atoms with Crippen molar-refractivity contribution in [1.82, 2.24) is 14.5 Å². The van der Waals surface area contributed by atoms with E-state index < -0.39 is 71.3 Å². The molecular formula is C18H16F2N6O8S2. The highest BCUT2D eigenvalue weighted by atomic mass is 32.2. The molecule has 0 spiro atoms. The number of azo groups is 1. The van der Waals surface area contributed by atoms with Crippen molar-refractivity contribution >= 4 is 43.1 Å². The average Bonchev–Trinajstić information content (AvgIpc) is 2.73. The van der Waals surface area contributed by atoms with Gasteiger partial charge in [0, 0.05) is 24.4 Å². The quantitative estimate of drug-likeness (QED) is 0.146. The molecular weight excluding hydrogens is 530 g/mol. The van der Waals surface area contributed by atoms with E-state index in [0.29, 0.717) is 4.57 Å². The predicted octanol–water partition coefficient (Wildman–Crippen LogP) is 2.26. The summed E-state index contributed by atoms with van der Waals surface area (Å²) in [5, 5.41) is 20.2. The standard InChI is InChI=1S/C18H16F2N6O8S2/c1-8-10(7-35(29,30)31)16(27)26(2)17(28)15(8)25-24-11-5-9(3-4-12(11)36(32,33)34)21-14-6-13(19)22-18(20)23-14/h3-6,28H,7H2,1-2H3,(H,21,22,23)(H,29,30,31)(H,32,33,34)/b25-24+. The highest BCUT2D eigenvalue weighted by molar-refractivity contribution is 7.86. The van der Waals surface area contributed by atoms with Crippen LogP contribution in [0.4, 0.5) is 31.7 Å². The minimum absolute atomic E-state index is 0.0117. The first-order valence-electron chi connectivity index (χ1n) is 9.44. The van der Waals surface area contributed by atoms with E-state index in [9.17, 15) is 40.1 Å². The maximum Gasteiger partial charge on any atom is 0.313 e. The van der Waals surface area contributed by atoms with Crippen LogP contribution >= 0.6 is 0 Å². The van der Waals surface area contributed by atoms with Crippen LogP contribution in [0.2, 0.25) is 0 Å². The molecule has 0 fully saturated rings. The Morgan fingerprint density at radius 2 is 1.75 bits per heavy atom. The first kappa shape index (κ1) is 26.7. The molecule has 0 aliphatic carbocycles. The molecule has 0 saturated carbocycles. The van der Waals surface area contributed by atoms with Crippen molar-refractivity contribution in [2.75, 3.05) is 5.32 Å². The summed E-state index contributed by atoms with van der Waals surface area (Å²) in [5.41, 5.74) is -2.56. The summed E-state index contributed by atoms with van der Waals surface area (Å²) in [6.07, 6.45) is -1.38. The number of hydrogen-bond donors (Lipinski definition) is 4. The SMILES string of the molecule is Cc1c(/N=N/c2cc(Nc3cc(F)nc(F)n3)ccc2S(=O)(=O)O)c(O)n(C)c(=O)c1CS(=O)(=O)O. The second-order valence-electron chi connectivity index (χ2n) is 7.19. The lowest BCUT2D eigenvalue weighted by Gasteiger charge is -2.12. The average molecular weight is 546 g/mol. The van der Waals surface area contributed by atoms with Gasteiger partial charge in [-0.15, -0.1) is 10.2 Å². The minimum atomic E-state index is -4.87. The molecule has 2 heterocycles. The van der Waals surface area contributed by atoms with Crippen LogP contribution in [0, 0.1) is 18.9 Å². The van der Waals surface area contributed by atoms with Gasteiger partial charge in [-0.2, -0.15) is 35.6 Å². The van der Waals surface area contributed by atoms with Gasteiger partial charge < -0.3 is 10.4 Å². The fourth-order valence-electron chi connectivity index (χ4n) is 3.00. The number of rotatable bonds is 7. The second kappa shape index (κ2) is 9.64. The summed E-state index contributed by atoms with van der Waals surface area (Å²) >= 11 is 0. The van der Waals surface area contributed by atoms with Gasteiger partial charge in [-0.25, -0.2) is 0 Å². The van der Waals surface area contributed by atoms with E-state index >= 15 is 0 Å². The van der Waals surface area contributed by atoms with Crippen LogP contribution in [0.1, 0.15) is 11.1 Å². The molecule has 14 nitrogen and oxygen atoms in total. The van der Waals surface area contributed by atoms with Crippen LogP contribution in [0.3, 0.4) is 0 Å². The number of aromatic nitrogens is 3. The lowest BCUT2D eigenvalue weighted by Crippen LogP contribution is -2.24. The van der Waals surface area contributed by atoms with E-state index in [1.807, 2.05) is 0 Å². The van der Waals surface area contributed by atoms with Gasteiger partial charge in [-0.1, -0.05) is 0 Å². The summed E-state index contributed by atoms with van der Waals surface area (Å²) in [6, 6.07) is 3.73. The Hall–Kier alpha value is -3.87. The van der Waals surface area contributed by atoms with Crippen LogP contribution in [0.5, 0.6) is 5.88 Å². The topological polar surface area (TPSA) is 213 Å². The monoisotopic (exact) mass is 546 g/mol. The van der Waals surface area contributed by atoms with E-state index in [1.165, 1.54) is 6.92 Å². The first-order chi connectivity index (χ1) is 16.6. The zero-order valence-electron chi connectivity index (χ0n) is 18.2. The van der Waals surface area contributed by atoms with E-state index in [4.69, 9.17) is 4.55 Å². The highest BCUT2D eigenvalue weighted by Gasteiger charge is 2.22. The molecule has 0 aliphatic rings. The molecule has 192 valence electrons. The zero-order valence-corrected chi connectivity index (χ0v) is 19.8. The van der Waals surface area contributed by atoms with Gasteiger partial charge in [-0.05, 0) is 30.7 Å². The summed E-state index contributed by atoms with van der Waals surface area (Å²) in [6.45, 7) is 1.20. The van der Waals surface area contributed by atoms with Gasteiger partial charge in [0.2, 0.25) is 11.8 Å². The van der Waals surface area contributed by atoms with Crippen LogP contribution in [0.25, 0.3) is 0 Å². The van der Waals surface area contributed by atoms with Gasteiger partial charge >= 0.3 is 6.08 Å². The maximum absolute atomic E-state index is 13.3. The number of nitrogens with one attached hydrogen (secondary N) is 1. The first-order valence-corrected chi connectivity index (χ1v) is 12.5. The van der Waals surface area contributed by atoms with E-state index in [2.05, 4.69) is 25.5 Å². The van der Waals surface area contributed by atoms with Crippen molar-refractivity contribution in [3.05, 3.63) is 57.8 Å². The normalized spacial score (nSPS) is 12.3. The van der Waals surface area contributed by atoms with Crippen LogP contribution in [0.15, 0.2) is 44.2 Å². The van der Waals surface area contributed by atoms with Crippen molar-refractivity contribution in [3.8, 4) is 5.88 Å². The Labute approximate surface area is 201 Å². The Kier molecular flexibility index (Phi) is 7.16. The van der Waals surface area contributed by atoms with Gasteiger partial charge in [0.05, 0.1) is 0 Å². The Morgan fingerprint density at radius 1 is 1.08 bits per heavy atom. The third-order valence-electron chi connectivity index (χ3n) is 4.66. The molecule has 0 bridgehead atoms. The van der Waals surface area contributed by atoms with Crippen molar-refractivity contribution < 1.29 is 39.8 Å². The van der Waals surface area contributed by atoms with Gasteiger partial charge in [0.1, 0.15) is 27.8 Å². The Morgan fingerprint density at radius 3 is 2.33 bits per heavy atom. The molecule has 0 aliphatic heterocycles. The number of nitrogens with zero attached hydrogens (tertiary/aromatic N) is 5. The summed E-state index contributed by atoms with van der Waals surface area (Å²) in [4.78, 5) is 17.7. The Bertz CT molecular complexity index is 1650. The predicted molar refractivity (Wildman–Crippen MR) is 119 cm³/mol. The van der Waals surface area contributed by atoms with Gasteiger partial charge in [-0.3, -0.25) is 18.5 Å². The Balaban J connectivity index is 2.14. The number of halogens is 2. The van der Waals surface area contributed by atoms with Crippen LogP contribution in [-0.2, 0) is 33.0 Å². The van der Waals surface area contributed by atoms with Crippen molar-refractivity contribution in [2.24, 2.45) is 17.3 Å². The maximum atomic E-state index is 13.3. The molecule has 3 aromatic rings. The van der Waals surface area contributed by atoms with E-state index in [-0.39, 0.29) is 17.1 Å². The molecule has 0 radical (unpaired) electrons. The van der Waals surface area contributed by atoms with Crippen LogP contribution in [-0.4, -0.2) is 45.6 Å². The third kappa shape index (κ3) is 6.03. The van der Waals surface area contributed by atoms with Gasteiger partial charge in [0.15, 0.2) is 0 Å². The smallest absolute Gasteiger partial charge is 0.313 e. The third-order valence-corrected chi connectivity index (χ3v) is 6.22. The second-order valence-corrected chi connectivity index (χ2v) is 10.0. The summed E-state index contributed by atoms with van der Waals surface area (Å²) in [5.74, 6) is -3.41. The molecule has 3 rings (SSSR count). The molecule has 0 atom stereocenters. The lowest BCUT2D eigenvalue weighted by atomic mass is 10.1. The molecule has 2 aromatic heterocycles. The molecule has 4 N–H and O–H groups in total. The molecule has 0 unspecified atom stereocenters. The lowest BCUT2D eigenvalue weighted by molar-refractivity contribution is 0.422. The number of aromatic hydroxyl groups is 1. The molecule has 18 heteroatoms. The summed E-state index contributed by atoms with van der Waals surface area (Å²) in [7, 11) is -8.44. The molecule has 0 amide bonds. The van der Waals surface area contributed by atoms with Crippen LogP contribution < -0.4 is 10.9 Å². The largest absolute Gasteiger partial charge is 0.493 e. The number of anilines is 2. The van der Waals surface area contributed by atoms with Gasteiger partial charge in [0.25, 0.3) is 25.8 Å². The number of pyridine rings is 1. The number of hydrogen-bond acceptors (Lipinski definition) is 11. The minimum Gasteiger partial charge on any atom is -0.493 e. The number of benzene rings is 1. The van der Waals surface area contributed by atoms with Crippen molar-refractivity contribution in [1.29, 1.82) is 0 Å². The van der Waals surface area contributed by atoms with Crippen molar-refractivity contribution in [2.45, 2.75) is 17.6 Å². The van der Waals surface area contributed by atoms with E-state index in [0.717, 1.165) is 31.3 Å². The summed E-state index contributed by atoms with van der Waals surface area (Å²) < 4.78 is 92.1. The van der Waals surface area contributed by atoms with E-state index in [1.54, 1.807) is 0 Å². The molecule has 0 saturated heterocycles. The zero-order chi connectivity index (χ0) is 27.0. The fourth-order valence-corrected chi connectivity index (χ4v) is 4.31. The van der Waals surface area contributed by atoms with Crippen molar-refractivity contribution in [3.63, 3.8) is 0 Å². The molecule has 1 aromatic carbocycles. The fraction of sp³-hybridized carbons (Fsp3) is 0.167. The highest BCUT2D eigenvalue weighted by Crippen LogP contribution is 2.35. The molecule has 36 heavy (non-hydrogen) atoms.